The van der Waals surface area contributed by atoms with Crippen molar-refractivity contribution in [1.82, 2.24) is 10.2 Å². The zero-order valence-electron chi connectivity index (χ0n) is 15.8. The summed E-state index contributed by atoms with van der Waals surface area (Å²) in [6.45, 7) is -0.0366. The molecular weight excluding hydrogens is 487 g/mol. The molecule has 0 spiro atoms. The molecule has 0 aliphatic heterocycles. The summed E-state index contributed by atoms with van der Waals surface area (Å²) >= 11 is 15.1. The SMILES string of the molecule is CSc1nnc(NC(=O)c2ccc(N(Cc3c(Cl)cccc3Cl)S(C)(=O)=O)cc2)s1. The molecular formula is C18H16Cl2N4O3S3. The number of benzene rings is 2. The topological polar surface area (TPSA) is 92.3 Å². The molecule has 3 aromatic rings. The second-order valence-corrected chi connectivity index (χ2v) is 10.8. The summed E-state index contributed by atoms with van der Waals surface area (Å²) in [5.41, 5.74) is 1.23. The van der Waals surface area contributed by atoms with E-state index in [1.807, 2.05) is 6.26 Å². The molecule has 1 amide bonds. The van der Waals surface area contributed by atoms with Crippen molar-refractivity contribution in [3.8, 4) is 0 Å². The summed E-state index contributed by atoms with van der Waals surface area (Å²) in [5.74, 6) is -0.370. The van der Waals surface area contributed by atoms with Crippen molar-refractivity contribution in [1.29, 1.82) is 0 Å². The van der Waals surface area contributed by atoms with Crippen molar-refractivity contribution in [3.63, 3.8) is 0 Å². The zero-order chi connectivity index (χ0) is 21.9. The van der Waals surface area contributed by atoms with Crippen LogP contribution in [0.2, 0.25) is 10.0 Å². The highest BCUT2D eigenvalue weighted by Gasteiger charge is 2.21. The molecule has 3 rings (SSSR count). The molecule has 1 N–H and O–H groups in total. The number of carbonyl (C=O) groups excluding carboxylic acids is 1. The van der Waals surface area contributed by atoms with E-state index in [-0.39, 0.29) is 12.5 Å². The first kappa shape index (κ1) is 22.8. The first-order valence-electron chi connectivity index (χ1n) is 8.38. The van der Waals surface area contributed by atoms with Crippen LogP contribution in [0.4, 0.5) is 10.8 Å². The Labute approximate surface area is 192 Å². The lowest BCUT2D eigenvalue weighted by atomic mass is 10.1. The van der Waals surface area contributed by atoms with Crippen LogP contribution in [0.3, 0.4) is 0 Å². The van der Waals surface area contributed by atoms with Crippen LogP contribution in [0.25, 0.3) is 0 Å². The highest BCUT2D eigenvalue weighted by Crippen LogP contribution is 2.29. The molecule has 0 aliphatic rings. The largest absolute Gasteiger partial charge is 0.296 e. The van der Waals surface area contributed by atoms with Crippen molar-refractivity contribution in [2.75, 3.05) is 22.1 Å². The van der Waals surface area contributed by atoms with Gasteiger partial charge in [-0.2, -0.15) is 0 Å². The molecule has 7 nitrogen and oxygen atoms in total. The van der Waals surface area contributed by atoms with E-state index in [4.69, 9.17) is 23.2 Å². The Hall–Kier alpha value is -1.85. The van der Waals surface area contributed by atoms with Gasteiger partial charge in [0.25, 0.3) is 5.91 Å². The number of nitrogens with zero attached hydrogens (tertiary/aromatic N) is 3. The molecule has 0 unspecified atom stereocenters. The number of hydrogen-bond donors (Lipinski definition) is 1. The fourth-order valence-electron chi connectivity index (χ4n) is 2.52. The number of rotatable bonds is 7. The number of sulfonamides is 1. The van der Waals surface area contributed by atoms with Crippen molar-refractivity contribution in [2.24, 2.45) is 0 Å². The molecule has 1 aromatic heterocycles. The monoisotopic (exact) mass is 502 g/mol. The minimum Gasteiger partial charge on any atom is -0.296 e. The summed E-state index contributed by atoms with van der Waals surface area (Å²) in [7, 11) is -3.63. The first-order valence-corrected chi connectivity index (χ1v) is 13.0. The number of amides is 1. The number of nitrogens with one attached hydrogen (secondary N) is 1. The number of halogens is 2. The summed E-state index contributed by atoms with van der Waals surface area (Å²) in [5, 5.41) is 11.6. The zero-order valence-corrected chi connectivity index (χ0v) is 19.8. The molecule has 0 saturated carbocycles. The predicted molar refractivity (Wildman–Crippen MR) is 124 cm³/mol. The summed E-state index contributed by atoms with van der Waals surface area (Å²) in [6.07, 6.45) is 2.96. The number of anilines is 2. The third kappa shape index (κ3) is 5.44. The van der Waals surface area contributed by atoms with Gasteiger partial charge in [-0.15, -0.1) is 10.2 Å². The average Bonchev–Trinajstić information content (AvgIpc) is 3.14. The molecule has 0 fully saturated rings. The molecule has 12 heteroatoms. The van der Waals surface area contributed by atoms with Crippen LogP contribution in [0.15, 0.2) is 46.8 Å². The standard InChI is InChI=1S/C18H16Cl2N4O3S3/c1-28-18-23-22-17(29-18)21-16(25)11-6-8-12(9-7-11)24(30(2,26)27)10-13-14(19)4-3-5-15(13)20/h3-9H,10H2,1-2H3,(H,21,22,25). The Morgan fingerprint density at radius 1 is 1.13 bits per heavy atom. The normalized spacial score (nSPS) is 11.3. The van der Waals surface area contributed by atoms with Gasteiger partial charge in [0.05, 0.1) is 18.5 Å². The third-order valence-corrected chi connectivity index (χ3v) is 7.65. The summed E-state index contributed by atoms with van der Waals surface area (Å²) < 4.78 is 26.7. The lowest BCUT2D eigenvalue weighted by Crippen LogP contribution is -2.29. The average molecular weight is 503 g/mol. The highest BCUT2D eigenvalue weighted by atomic mass is 35.5. The van der Waals surface area contributed by atoms with Gasteiger partial charge in [0.2, 0.25) is 15.2 Å². The van der Waals surface area contributed by atoms with Gasteiger partial charge in [0.1, 0.15) is 0 Å². The van der Waals surface area contributed by atoms with E-state index in [9.17, 15) is 13.2 Å². The Morgan fingerprint density at radius 3 is 2.30 bits per heavy atom. The van der Waals surface area contributed by atoms with Gasteiger partial charge < -0.3 is 0 Å². The van der Waals surface area contributed by atoms with Gasteiger partial charge in [-0.1, -0.05) is 52.4 Å². The van der Waals surface area contributed by atoms with Crippen molar-refractivity contribution in [2.45, 2.75) is 10.9 Å². The Morgan fingerprint density at radius 2 is 1.77 bits per heavy atom. The molecule has 0 saturated heterocycles. The molecule has 0 aliphatic carbocycles. The van der Waals surface area contributed by atoms with Crippen molar-refractivity contribution >= 4 is 73.0 Å². The smallest absolute Gasteiger partial charge is 0.257 e. The number of thioether (sulfide) groups is 1. The van der Waals surface area contributed by atoms with Crippen LogP contribution in [0.5, 0.6) is 0 Å². The van der Waals surface area contributed by atoms with Gasteiger partial charge in [0.15, 0.2) is 4.34 Å². The molecule has 0 bridgehead atoms. The molecule has 0 atom stereocenters. The quantitative estimate of drug-likeness (QED) is 0.368. The van der Waals surface area contributed by atoms with E-state index in [1.54, 1.807) is 30.3 Å². The van der Waals surface area contributed by atoms with Crippen LogP contribution in [0.1, 0.15) is 15.9 Å². The lowest BCUT2D eigenvalue weighted by Gasteiger charge is -2.23. The van der Waals surface area contributed by atoms with E-state index in [0.29, 0.717) is 32.0 Å². The fraction of sp³-hybridized carbons (Fsp3) is 0.167. The second kappa shape index (κ2) is 9.52. The van der Waals surface area contributed by atoms with Crippen molar-refractivity contribution in [3.05, 3.63) is 63.6 Å². The Bertz CT molecular complexity index is 1150. The lowest BCUT2D eigenvalue weighted by molar-refractivity contribution is 0.102. The van der Waals surface area contributed by atoms with E-state index in [1.165, 1.54) is 39.5 Å². The fourth-order valence-corrected chi connectivity index (χ4v) is 5.07. The maximum absolute atomic E-state index is 12.4. The molecule has 0 radical (unpaired) electrons. The van der Waals surface area contributed by atoms with Gasteiger partial charge in [-0.05, 0) is 42.7 Å². The van der Waals surface area contributed by atoms with Gasteiger partial charge in [0, 0.05) is 21.2 Å². The maximum Gasteiger partial charge on any atom is 0.257 e. The summed E-state index contributed by atoms with van der Waals surface area (Å²) in [4.78, 5) is 12.4. The maximum atomic E-state index is 12.4. The highest BCUT2D eigenvalue weighted by molar-refractivity contribution is 8.00. The van der Waals surface area contributed by atoms with Crippen LogP contribution >= 0.6 is 46.3 Å². The number of carbonyl (C=O) groups is 1. The molecule has 30 heavy (non-hydrogen) atoms. The summed E-state index contributed by atoms with van der Waals surface area (Å²) in [6, 6.07) is 11.1. The molecule has 1 heterocycles. The minimum absolute atomic E-state index is 0.0366. The van der Waals surface area contributed by atoms with Crippen molar-refractivity contribution < 1.29 is 13.2 Å². The number of aromatic nitrogens is 2. The Kier molecular flexibility index (Phi) is 7.25. The van der Waals surface area contributed by atoms with Gasteiger partial charge in [-0.25, -0.2) is 8.42 Å². The van der Waals surface area contributed by atoms with E-state index >= 15 is 0 Å². The van der Waals surface area contributed by atoms with Gasteiger partial charge in [-0.3, -0.25) is 14.4 Å². The second-order valence-electron chi connectivity index (χ2n) is 6.05. The number of hydrogen-bond acceptors (Lipinski definition) is 7. The van der Waals surface area contributed by atoms with Crippen LogP contribution in [-0.4, -0.2) is 37.0 Å². The minimum atomic E-state index is -3.63. The van der Waals surface area contributed by atoms with E-state index in [0.717, 1.165) is 10.6 Å². The van der Waals surface area contributed by atoms with Crippen LogP contribution < -0.4 is 9.62 Å². The van der Waals surface area contributed by atoms with Gasteiger partial charge >= 0.3 is 0 Å². The van der Waals surface area contributed by atoms with E-state index < -0.39 is 10.0 Å². The third-order valence-electron chi connectivity index (χ3n) is 3.98. The first-order chi connectivity index (χ1) is 14.2. The molecule has 2 aromatic carbocycles. The van der Waals surface area contributed by atoms with E-state index in [2.05, 4.69) is 15.5 Å². The Balaban J connectivity index is 1.83. The predicted octanol–water partition coefficient (Wildman–Crippen LogP) is 4.79. The van der Waals surface area contributed by atoms with Crippen LogP contribution in [-0.2, 0) is 16.6 Å². The molecule has 158 valence electrons. The van der Waals surface area contributed by atoms with Crippen LogP contribution in [0, 0.1) is 0 Å².